The van der Waals surface area contributed by atoms with E-state index in [1.54, 1.807) is 6.20 Å². The zero-order valence-electron chi connectivity index (χ0n) is 11.4. The van der Waals surface area contributed by atoms with Gasteiger partial charge in [0, 0.05) is 11.8 Å². The minimum atomic E-state index is -0.163. The second-order valence-corrected chi connectivity index (χ2v) is 5.68. The van der Waals surface area contributed by atoms with Crippen molar-refractivity contribution in [1.82, 2.24) is 4.98 Å². The second kappa shape index (κ2) is 5.66. The first-order valence-corrected chi connectivity index (χ1v) is 7.36. The lowest BCUT2D eigenvalue weighted by atomic mass is 10.0. The third-order valence-electron chi connectivity index (χ3n) is 3.24. The third kappa shape index (κ3) is 2.81. The van der Waals surface area contributed by atoms with Gasteiger partial charge in [-0.2, -0.15) is 0 Å². The number of nitrogens with one attached hydrogen (secondary N) is 1. The fourth-order valence-corrected chi connectivity index (χ4v) is 2.79. The molecule has 1 N–H and O–H groups in total. The Bertz CT molecular complexity index is 825. The van der Waals surface area contributed by atoms with Crippen LogP contribution in [0.4, 0.5) is 5.82 Å². The van der Waals surface area contributed by atoms with E-state index in [0.717, 1.165) is 20.8 Å². The minimum absolute atomic E-state index is 0.163. The van der Waals surface area contributed by atoms with Crippen LogP contribution in [0.2, 0.25) is 0 Å². The van der Waals surface area contributed by atoms with Gasteiger partial charge in [0.1, 0.15) is 5.82 Å². The van der Waals surface area contributed by atoms with Crippen molar-refractivity contribution in [3.8, 4) is 0 Å². The van der Waals surface area contributed by atoms with E-state index in [1.165, 1.54) is 0 Å². The lowest BCUT2D eigenvalue weighted by Crippen LogP contribution is -2.13. The van der Waals surface area contributed by atoms with E-state index in [2.05, 4.69) is 26.2 Å². The molecule has 0 radical (unpaired) electrons. The summed E-state index contributed by atoms with van der Waals surface area (Å²) in [6.45, 7) is 1.95. The Morgan fingerprint density at radius 3 is 2.71 bits per heavy atom. The molecule has 4 heteroatoms. The van der Waals surface area contributed by atoms with E-state index >= 15 is 0 Å². The van der Waals surface area contributed by atoms with Gasteiger partial charge < -0.3 is 5.32 Å². The van der Waals surface area contributed by atoms with Crippen molar-refractivity contribution in [3.05, 3.63) is 70.3 Å². The smallest absolute Gasteiger partial charge is 0.257 e. The van der Waals surface area contributed by atoms with Crippen LogP contribution >= 0.6 is 15.9 Å². The molecule has 0 bridgehead atoms. The first-order chi connectivity index (χ1) is 10.1. The number of aromatic nitrogens is 1. The Balaban J connectivity index is 1.97. The molecule has 1 aromatic heterocycles. The van der Waals surface area contributed by atoms with Crippen molar-refractivity contribution < 1.29 is 4.79 Å². The van der Waals surface area contributed by atoms with Gasteiger partial charge in [-0.05, 0) is 51.3 Å². The van der Waals surface area contributed by atoms with E-state index < -0.39 is 0 Å². The molecule has 0 atom stereocenters. The zero-order chi connectivity index (χ0) is 14.8. The van der Waals surface area contributed by atoms with E-state index in [0.29, 0.717) is 11.4 Å². The predicted octanol–water partition coefficient (Wildman–Crippen LogP) is 4.56. The summed E-state index contributed by atoms with van der Waals surface area (Å²) < 4.78 is 0.774. The van der Waals surface area contributed by atoms with Crippen molar-refractivity contribution in [2.75, 3.05) is 5.32 Å². The number of carbonyl (C=O) groups is 1. The van der Waals surface area contributed by atoms with Gasteiger partial charge in [0.15, 0.2) is 0 Å². The van der Waals surface area contributed by atoms with Crippen molar-refractivity contribution in [1.29, 1.82) is 0 Å². The van der Waals surface area contributed by atoms with Crippen molar-refractivity contribution in [2.45, 2.75) is 6.92 Å². The molecule has 0 unspecified atom stereocenters. The van der Waals surface area contributed by atoms with Gasteiger partial charge in [-0.3, -0.25) is 4.79 Å². The van der Waals surface area contributed by atoms with Gasteiger partial charge in [0.05, 0.1) is 4.47 Å². The van der Waals surface area contributed by atoms with Crippen molar-refractivity contribution in [3.63, 3.8) is 0 Å². The SMILES string of the molecule is Cc1cnc(NC(=O)c2cccc3ccccc23)c(Br)c1. The highest BCUT2D eigenvalue weighted by atomic mass is 79.9. The number of anilines is 1. The molecule has 0 aliphatic rings. The molecule has 1 heterocycles. The standard InChI is InChI=1S/C17H13BrN2O/c1-11-9-15(18)16(19-10-11)20-17(21)14-8-4-6-12-5-2-3-7-13(12)14/h2-10H,1H3,(H,19,20,21). The van der Waals surface area contributed by atoms with Crippen LogP contribution in [-0.2, 0) is 0 Å². The normalized spacial score (nSPS) is 10.6. The topological polar surface area (TPSA) is 42.0 Å². The van der Waals surface area contributed by atoms with E-state index in [4.69, 9.17) is 0 Å². The maximum absolute atomic E-state index is 12.5. The molecule has 2 aromatic carbocycles. The van der Waals surface area contributed by atoms with Crippen LogP contribution in [0.25, 0.3) is 10.8 Å². The summed E-state index contributed by atoms with van der Waals surface area (Å²) in [5.74, 6) is 0.363. The van der Waals surface area contributed by atoms with Crippen LogP contribution in [0.5, 0.6) is 0 Å². The van der Waals surface area contributed by atoms with Crippen LogP contribution in [0, 0.1) is 6.92 Å². The first kappa shape index (κ1) is 13.8. The second-order valence-electron chi connectivity index (χ2n) is 4.82. The predicted molar refractivity (Wildman–Crippen MR) is 88.6 cm³/mol. The molecule has 0 saturated carbocycles. The molecular formula is C17H13BrN2O. The van der Waals surface area contributed by atoms with E-state index in [9.17, 15) is 4.79 Å². The van der Waals surface area contributed by atoms with Crippen LogP contribution in [0.3, 0.4) is 0 Å². The molecule has 3 aromatic rings. The summed E-state index contributed by atoms with van der Waals surface area (Å²) >= 11 is 3.42. The van der Waals surface area contributed by atoms with Crippen molar-refractivity contribution in [2.24, 2.45) is 0 Å². The van der Waals surface area contributed by atoms with Crippen LogP contribution in [0.15, 0.2) is 59.2 Å². The number of hydrogen-bond acceptors (Lipinski definition) is 2. The number of fused-ring (bicyclic) bond motifs is 1. The highest BCUT2D eigenvalue weighted by Crippen LogP contribution is 2.23. The monoisotopic (exact) mass is 340 g/mol. The minimum Gasteiger partial charge on any atom is -0.306 e. The molecule has 3 nitrogen and oxygen atoms in total. The highest BCUT2D eigenvalue weighted by molar-refractivity contribution is 9.10. The average molecular weight is 341 g/mol. The largest absolute Gasteiger partial charge is 0.306 e. The molecule has 104 valence electrons. The van der Waals surface area contributed by atoms with E-state index in [1.807, 2.05) is 55.5 Å². The Morgan fingerprint density at radius 2 is 1.90 bits per heavy atom. The van der Waals surface area contributed by atoms with Gasteiger partial charge in [-0.15, -0.1) is 0 Å². The lowest BCUT2D eigenvalue weighted by molar-refractivity contribution is 0.102. The lowest BCUT2D eigenvalue weighted by Gasteiger charge is -2.09. The molecule has 21 heavy (non-hydrogen) atoms. The first-order valence-electron chi connectivity index (χ1n) is 6.56. The summed E-state index contributed by atoms with van der Waals surface area (Å²) in [6.07, 6.45) is 1.73. The van der Waals surface area contributed by atoms with Crippen LogP contribution < -0.4 is 5.32 Å². The van der Waals surface area contributed by atoms with Gasteiger partial charge >= 0.3 is 0 Å². The van der Waals surface area contributed by atoms with Gasteiger partial charge in [0.2, 0.25) is 0 Å². The number of hydrogen-bond donors (Lipinski definition) is 1. The van der Waals surface area contributed by atoms with Crippen molar-refractivity contribution >= 4 is 38.4 Å². The Morgan fingerprint density at radius 1 is 1.14 bits per heavy atom. The maximum atomic E-state index is 12.5. The Hall–Kier alpha value is -2.20. The summed E-state index contributed by atoms with van der Waals surface area (Å²) in [5, 5.41) is 4.82. The number of amides is 1. The number of pyridine rings is 1. The zero-order valence-corrected chi connectivity index (χ0v) is 13.0. The number of nitrogens with zero attached hydrogens (tertiary/aromatic N) is 1. The van der Waals surface area contributed by atoms with Gasteiger partial charge in [-0.25, -0.2) is 4.98 Å². The quantitative estimate of drug-likeness (QED) is 0.743. The molecular weight excluding hydrogens is 328 g/mol. The number of halogens is 1. The summed E-state index contributed by atoms with van der Waals surface area (Å²) in [5.41, 5.74) is 1.67. The molecule has 0 spiro atoms. The Kier molecular flexibility index (Phi) is 3.71. The average Bonchev–Trinajstić information content (AvgIpc) is 2.49. The number of carbonyl (C=O) groups excluding carboxylic acids is 1. The maximum Gasteiger partial charge on any atom is 0.257 e. The van der Waals surface area contributed by atoms with Crippen LogP contribution in [-0.4, -0.2) is 10.9 Å². The molecule has 0 fully saturated rings. The number of benzene rings is 2. The summed E-state index contributed by atoms with van der Waals surface area (Å²) in [4.78, 5) is 16.7. The number of rotatable bonds is 2. The fourth-order valence-electron chi connectivity index (χ4n) is 2.22. The van der Waals surface area contributed by atoms with E-state index in [-0.39, 0.29) is 5.91 Å². The molecule has 0 saturated heterocycles. The van der Waals surface area contributed by atoms with Gasteiger partial charge in [-0.1, -0.05) is 36.4 Å². The molecule has 0 aliphatic heterocycles. The molecule has 0 aliphatic carbocycles. The number of aryl methyl sites for hydroxylation is 1. The Labute approximate surface area is 131 Å². The van der Waals surface area contributed by atoms with Gasteiger partial charge in [0.25, 0.3) is 5.91 Å². The molecule has 1 amide bonds. The fraction of sp³-hybridized carbons (Fsp3) is 0.0588. The highest BCUT2D eigenvalue weighted by Gasteiger charge is 2.12. The molecule has 3 rings (SSSR count). The summed E-state index contributed by atoms with van der Waals surface area (Å²) in [7, 11) is 0. The third-order valence-corrected chi connectivity index (χ3v) is 3.85. The van der Waals surface area contributed by atoms with Crippen LogP contribution in [0.1, 0.15) is 15.9 Å². The summed E-state index contributed by atoms with van der Waals surface area (Å²) in [6, 6.07) is 15.4.